The first-order valence-corrected chi connectivity index (χ1v) is 12.5. The number of benzene rings is 3. The summed E-state index contributed by atoms with van der Waals surface area (Å²) in [5, 5.41) is 4.11. The molecule has 0 saturated heterocycles. The first-order valence-electron chi connectivity index (χ1n) is 12.5. The summed E-state index contributed by atoms with van der Waals surface area (Å²) in [5.74, 6) is -0.111. The third-order valence-corrected chi connectivity index (χ3v) is 6.46. The van der Waals surface area contributed by atoms with Crippen molar-refractivity contribution in [3.05, 3.63) is 102 Å². The molecule has 4 aromatic rings. The van der Waals surface area contributed by atoms with E-state index in [1.54, 1.807) is 7.11 Å². The number of anilines is 1. The first kappa shape index (κ1) is 26.0. The number of nitrogens with zero attached hydrogens (tertiary/aromatic N) is 2. The summed E-state index contributed by atoms with van der Waals surface area (Å²) < 4.78 is 5.22. The molecule has 0 unspecified atom stereocenters. The number of hydrogen-bond donors (Lipinski definition) is 2. The van der Waals surface area contributed by atoms with E-state index in [0.29, 0.717) is 32.7 Å². The highest BCUT2D eigenvalue weighted by atomic mass is 16.5. The number of aromatic amines is 1. The number of rotatable bonds is 11. The van der Waals surface area contributed by atoms with Crippen LogP contribution in [0.1, 0.15) is 16.7 Å². The van der Waals surface area contributed by atoms with E-state index in [1.807, 2.05) is 90.8 Å². The van der Waals surface area contributed by atoms with Crippen molar-refractivity contribution in [3.8, 4) is 0 Å². The largest absolute Gasteiger partial charge is 0.383 e. The van der Waals surface area contributed by atoms with Crippen molar-refractivity contribution in [2.24, 2.45) is 0 Å². The molecule has 0 radical (unpaired) electrons. The Morgan fingerprint density at radius 2 is 1.62 bits per heavy atom. The van der Waals surface area contributed by atoms with Gasteiger partial charge in [0.1, 0.15) is 6.54 Å². The number of ether oxygens (including phenoxy) is 1. The van der Waals surface area contributed by atoms with Crippen LogP contribution in [-0.2, 0) is 22.5 Å². The molecule has 0 spiro atoms. The third-order valence-electron chi connectivity index (χ3n) is 6.46. The van der Waals surface area contributed by atoms with E-state index in [4.69, 9.17) is 4.74 Å². The summed E-state index contributed by atoms with van der Waals surface area (Å²) >= 11 is 0. The average Bonchev–Trinajstić information content (AvgIpc) is 3.33. The van der Waals surface area contributed by atoms with E-state index in [-0.39, 0.29) is 18.5 Å². The zero-order chi connectivity index (χ0) is 26.0. The zero-order valence-electron chi connectivity index (χ0n) is 21.4. The van der Waals surface area contributed by atoms with Crippen LogP contribution in [0.2, 0.25) is 0 Å². The third kappa shape index (κ3) is 6.98. The van der Waals surface area contributed by atoms with Gasteiger partial charge in [-0.25, -0.2) is 4.79 Å². The van der Waals surface area contributed by atoms with Crippen molar-refractivity contribution >= 4 is 28.5 Å². The first-order chi connectivity index (χ1) is 18.0. The number of carbonyl (C=O) groups excluding carboxylic acids is 2. The summed E-state index contributed by atoms with van der Waals surface area (Å²) in [5.41, 5.74) is 4.97. The second-order valence-electron chi connectivity index (χ2n) is 9.07. The van der Waals surface area contributed by atoms with Gasteiger partial charge >= 0.3 is 6.03 Å². The van der Waals surface area contributed by atoms with E-state index in [9.17, 15) is 9.59 Å². The van der Waals surface area contributed by atoms with Crippen molar-refractivity contribution < 1.29 is 14.3 Å². The van der Waals surface area contributed by atoms with Crippen LogP contribution in [0.15, 0.2) is 85.1 Å². The Kier molecular flexibility index (Phi) is 8.94. The number of hydrogen-bond acceptors (Lipinski definition) is 3. The van der Waals surface area contributed by atoms with Gasteiger partial charge in [-0.2, -0.15) is 0 Å². The predicted molar refractivity (Wildman–Crippen MR) is 148 cm³/mol. The van der Waals surface area contributed by atoms with Crippen LogP contribution in [0.5, 0.6) is 0 Å². The molecule has 37 heavy (non-hydrogen) atoms. The van der Waals surface area contributed by atoms with Crippen LogP contribution >= 0.6 is 0 Å². The number of carbonyl (C=O) groups is 2. The molecule has 4 rings (SSSR count). The van der Waals surface area contributed by atoms with Gasteiger partial charge < -0.3 is 24.8 Å². The quantitative estimate of drug-likeness (QED) is 0.297. The molecule has 0 atom stereocenters. The van der Waals surface area contributed by atoms with Crippen LogP contribution in [0, 0.1) is 6.92 Å². The molecular weight excluding hydrogens is 464 g/mol. The van der Waals surface area contributed by atoms with Gasteiger partial charge in [0.2, 0.25) is 5.91 Å². The van der Waals surface area contributed by atoms with Crippen molar-refractivity contribution in [2.45, 2.75) is 19.9 Å². The van der Waals surface area contributed by atoms with Crippen LogP contribution in [0.3, 0.4) is 0 Å². The minimum absolute atomic E-state index is 0.0399. The Labute approximate surface area is 218 Å². The van der Waals surface area contributed by atoms with E-state index >= 15 is 0 Å². The van der Waals surface area contributed by atoms with Crippen molar-refractivity contribution in [1.82, 2.24) is 14.8 Å². The standard InChI is InChI=1S/C30H34N4O3/c1-23-10-6-8-14-27(23)32-30(36)34(18-19-37-2)22-29(35)33(21-24-11-4-3-5-12-24)17-16-25-20-31-28-15-9-7-13-26(25)28/h3-15,20,31H,16-19,21-22H2,1-2H3,(H,32,36). The van der Waals surface area contributed by atoms with Gasteiger partial charge in [0, 0.05) is 49.5 Å². The second kappa shape index (κ2) is 12.7. The van der Waals surface area contributed by atoms with E-state index in [0.717, 1.165) is 33.3 Å². The number of urea groups is 1. The van der Waals surface area contributed by atoms with Crippen LogP contribution in [-0.4, -0.2) is 60.1 Å². The smallest absolute Gasteiger partial charge is 0.322 e. The number of para-hydroxylation sites is 2. The predicted octanol–water partition coefficient (Wildman–Crippen LogP) is 5.23. The molecule has 0 aliphatic heterocycles. The van der Waals surface area contributed by atoms with Crippen molar-refractivity contribution in [1.29, 1.82) is 0 Å². The maximum atomic E-state index is 13.6. The van der Waals surface area contributed by atoms with Crippen LogP contribution in [0.4, 0.5) is 10.5 Å². The lowest BCUT2D eigenvalue weighted by molar-refractivity contribution is -0.132. The van der Waals surface area contributed by atoms with Gasteiger partial charge in [-0.3, -0.25) is 4.79 Å². The monoisotopic (exact) mass is 498 g/mol. The molecule has 3 amide bonds. The zero-order valence-corrected chi connectivity index (χ0v) is 21.4. The molecule has 2 N–H and O–H groups in total. The lowest BCUT2D eigenvalue weighted by atomic mass is 10.1. The molecule has 192 valence electrons. The number of H-pyrrole nitrogens is 1. The Hall–Kier alpha value is -4.10. The van der Waals surface area contributed by atoms with Crippen LogP contribution < -0.4 is 5.32 Å². The molecule has 0 aliphatic rings. The molecule has 3 aromatic carbocycles. The molecule has 0 saturated carbocycles. The Morgan fingerprint density at radius 3 is 2.41 bits per heavy atom. The summed E-state index contributed by atoms with van der Waals surface area (Å²) in [6.45, 7) is 3.55. The summed E-state index contributed by atoms with van der Waals surface area (Å²) in [6, 6.07) is 25.4. The fourth-order valence-corrected chi connectivity index (χ4v) is 4.31. The number of nitrogens with one attached hydrogen (secondary N) is 2. The average molecular weight is 499 g/mol. The van der Waals surface area contributed by atoms with Crippen molar-refractivity contribution in [2.75, 3.05) is 38.7 Å². The highest BCUT2D eigenvalue weighted by Gasteiger charge is 2.22. The molecule has 0 aliphatic carbocycles. The summed E-state index contributed by atoms with van der Waals surface area (Å²) in [6.07, 6.45) is 2.71. The van der Waals surface area contributed by atoms with Gasteiger partial charge in [-0.1, -0.05) is 66.7 Å². The number of aryl methyl sites for hydroxylation is 1. The minimum Gasteiger partial charge on any atom is -0.383 e. The number of aromatic nitrogens is 1. The molecule has 1 heterocycles. The maximum Gasteiger partial charge on any atom is 0.322 e. The lowest BCUT2D eigenvalue weighted by Crippen LogP contribution is -2.46. The van der Waals surface area contributed by atoms with E-state index in [2.05, 4.69) is 16.4 Å². The minimum atomic E-state index is -0.323. The highest BCUT2D eigenvalue weighted by molar-refractivity contribution is 5.93. The Balaban J connectivity index is 1.50. The molecule has 7 heteroatoms. The molecular formula is C30H34N4O3. The molecule has 0 bridgehead atoms. The topological polar surface area (TPSA) is 77.7 Å². The van der Waals surface area contributed by atoms with Gasteiger partial charge in [-0.15, -0.1) is 0 Å². The lowest BCUT2D eigenvalue weighted by Gasteiger charge is -2.28. The highest BCUT2D eigenvalue weighted by Crippen LogP contribution is 2.19. The number of methoxy groups -OCH3 is 1. The maximum absolute atomic E-state index is 13.6. The molecule has 1 aromatic heterocycles. The molecule has 7 nitrogen and oxygen atoms in total. The van der Waals surface area contributed by atoms with E-state index in [1.165, 1.54) is 4.90 Å². The Morgan fingerprint density at radius 1 is 0.892 bits per heavy atom. The SMILES string of the molecule is COCCN(CC(=O)N(CCc1c[nH]c2ccccc12)Cc1ccccc1)C(=O)Nc1ccccc1C. The van der Waals surface area contributed by atoms with Gasteiger partial charge in [0.15, 0.2) is 0 Å². The normalized spacial score (nSPS) is 10.9. The van der Waals surface area contributed by atoms with Gasteiger partial charge in [0.25, 0.3) is 0 Å². The van der Waals surface area contributed by atoms with Crippen LogP contribution in [0.25, 0.3) is 10.9 Å². The summed E-state index contributed by atoms with van der Waals surface area (Å²) in [7, 11) is 1.59. The van der Waals surface area contributed by atoms with Gasteiger partial charge in [0.05, 0.1) is 6.61 Å². The second-order valence-corrected chi connectivity index (χ2v) is 9.07. The fraction of sp³-hybridized carbons (Fsp3) is 0.267. The Bertz CT molecular complexity index is 1320. The molecule has 0 fully saturated rings. The van der Waals surface area contributed by atoms with Crippen molar-refractivity contribution in [3.63, 3.8) is 0 Å². The van der Waals surface area contributed by atoms with Gasteiger partial charge in [-0.05, 0) is 42.2 Å². The summed E-state index contributed by atoms with van der Waals surface area (Å²) in [4.78, 5) is 33.4. The number of amides is 3. The number of fused-ring (bicyclic) bond motifs is 1. The fourth-order valence-electron chi connectivity index (χ4n) is 4.31. The van der Waals surface area contributed by atoms with E-state index < -0.39 is 0 Å².